The third kappa shape index (κ3) is 3.47. The van der Waals surface area contributed by atoms with E-state index in [0.717, 1.165) is 17.7 Å². The molecule has 0 aliphatic heterocycles. The van der Waals surface area contributed by atoms with E-state index in [0.29, 0.717) is 12.5 Å². The summed E-state index contributed by atoms with van der Waals surface area (Å²) in [5, 5.41) is 0. The van der Waals surface area contributed by atoms with Crippen LogP contribution in [-0.2, 0) is 6.54 Å². The number of Topliss-reactive ketones (excluding diaryl/α,β-unsaturated/α-hetero) is 1. The van der Waals surface area contributed by atoms with Gasteiger partial charge in [0.1, 0.15) is 5.69 Å². The molecule has 0 amide bonds. The van der Waals surface area contributed by atoms with E-state index in [9.17, 15) is 4.79 Å². The Hall–Kier alpha value is -2.03. The van der Waals surface area contributed by atoms with Crippen LogP contribution in [0.3, 0.4) is 0 Å². The summed E-state index contributed by atoms with van der Waals surface area (Å²) in [7, 11) is 0. The molecule has 0 spiro atoms. The number of ketones is 1. The molecule has 0 N–H and O–H groups in total. The Labute approximate surface area is 113 Å². The molecule has 0 saturated heterocycles. The minimum atomic E-state index is 0.118. The van der Waals surface area contributed by atoms with Gasteiger partial charge in [0, 0.05) is 11.5 Å². The van der Waals surface area contributed by atoms with E-state index >= 15 is 0 Å². The third-order valence-corrected chi connectivity index (χ3v) is 3.32. The molecule has 0 aliphatic rings. The molecule has 2 rings (SSSR count). The summed E-state index contributed by atoms with van der Waals surface area (Å²) in [6.45, 7) is 4.64. The summed E-state index contributed by atoms with van der Waals surface area (Å²) in [4.78, 5) is 16.5. The maximum absolute atomic E-state index is 12.1. The molecule has 1 unspecified atom stereocenters. The van der Waals surface area contributed by atoms with Crippen LogP contribution in [0.25, 0.3) is 0 Å². The van der Waals surface area contributed by atoms with Crippen LogP contribution in [0.15, 0.2) is 48.9 Å². The number of carbonyl (C=O) groups is 1. The zero-order valence-corrected chi connectivity index (χ0v) is 11.4. The number of benzene rings is 1. The molecule has 0 bridgehead atoms. The molecule has 0 aliphatic carbocycles. The van der Waals surface area contributed by atoms with Gasteiger partial charge in [0.25, 0.3) is 0 Å². The quantitative estimate of drug-likeness (QED) is 0.608. The van der Waals surface area contributed by atoms with Crippen molar-refractivity contribution in [3.63, 3.8) is 0 Å². The van der Waals surface area contributed by atoms with Gasteiger partial charge in [-0.25, -0.2) is 4.98 Å². The standard InChI is InChI=1S/C16H19N2O/c1-3-13(2)15-11-18(10-9-17-15)12-16(19)14-7-5-4-6-8-14/h4-11,13H,3,12H2,1-2H3/q+1. The smallest absolute Gasteiger partial charge is 0.227 e. The van der Waals surface area contributed by atoms with Gasteiger partial charge >= 0.3 is 0 Å². The second kappa shape index (κ2) is 6.23. The van der Waals surface area contributed by atoms with Crippen LogP contribution in [0.1, 0.15) is 42.2 Å². The number of hydrogen-bond donors (Lipinski definition) is 0. The van der Waals surface area contributed by atoms with Gasteiger partial charge in [0.05, 0.1) is 6.20 Å². The summed E-state index contributed by atoms with van der Waals surface area (Å²) in [6.07, 6.45) is 6.62. The van der Waals surface area contributed by atoms with Crippen molar-refractivity contribution in [2.24, 2.45) is 0 Å². The zero-order chi connectivity index (χ0) is 13.7. The van der Waals surface area contributed by atoms with Crippen molar-refractivity contribution in [1.82, 2.24) is 4.98 Å². The van der Waals surface area contributed by atoms with Crippen LogP contribution in [-0.4, -0.2) is 10.8 Å². The second-order valence-corrected chi connectivity index (χ2v) is 4.75. The van der Waals surface area contributed by atoms with E-state index < -0.39 is 0 Å². The average molecular weight is 255 g/mol. The van der Waals surface area contributed by atoms with Gasteiger partial charge in [-0.05, 0) is 6.42 Å². The Kier molecular flexibility index (Phi) is 4.39. The number of carbonyl (C=O) groups excluding carboxylic acids is 1. The molecule has 1 aromatic heterocycles. The average Bonchev–Trinajstić information content (AvgIpc) is 2.47. The monoisotopic (exact) mass is 255 g/mol. The summed E-state index contributed by atoms with van der Waals surface area (Å²) in [6, 6.07) is 9.38. The molecule has 1 heterocycles. The maximum atomic E-state index is 12.1. The first-order chi connectivity index (χ1) is 9.20. The van der Waals surface area contributed by atoms with E-state index in [1.807, 2.05) is 47.3 Å². The minimum Gasteiger partial charge on any atom is -0.287 e. The fourth-order valence-corrected chi connectivity index (χ4v) is 1.89. The highest BCUT2D eigenvalue weighted by molar-refractivity contribution is 5.94. The number of rotatable bonds is 5. The summed E-state index contributed by atoms with van der Waals surface area (Å²) >= 11 is 0. The molecule has 3 nitrogen and oxygen atoms in total. The highest BCUT2D eigenvalue weighted by Crippen LogP contribution is 2.13. The highest BCUT2D eigenvalue weighted by atomic mass is 16.1. The molecule has 19 heavy (non-hydrogen) atoms. The van der Waals surface area contributed by atoms with Gasteiger partial charge in [-0.3, -0.25) is 4.79 Å². The van der Waals surface area contributed by atoms with Crippen molar-refractivity contribution < 1.29 is 9.36 Å². The van der Waals surface area contributed by atoms with Gasteiger partial charge in [0.2, 0.25) is 12.3 Å². The lowest BCUT2D eigenvalue weighted by Gasteiger charge is -2.05. The molecule has 2 aromatic rings. The first-order valence-corrected chi connectivity index (χ1v) is 6.64. The van der Waals surface area contributed by atoms with E-state index in [2.05, 4.69) is 18.8 Å². The molecule has 1 aromatic carbocycles. The Bertz CT molecular complexity index is 552. The fraction of sp³-hybridized carbons (Fsp3) is 0.312. The van der Waals surface area contributed by atoms with Crippen LogP contribution < -0.4 is 4.57 Å². The first-order valence-electron chi connectivity index (χ1n) is 6.64. The molecule has 0 fully saturated rings. The summed E-state index contributed by atoms with van der Waals surface area (Å²) in [5.41, 5.74) is 1.78. The predicted octanol–water partition coefficient (Wildman–Crippen LogP) is 2.77. The zero-order valence-electron chi connectivity index (χ0n) is 11.4. The van der Waals surface area contributed by atoms with Crippen LogP contribution in [0.4, 0.5) is 0 Å². The van der Waals surface area contributed by atoms with Crippen molar-refractivity contribution in [1.29, 1.82) is 0 Å². The SMILES string of the molecule is CCC(C)c1c[n+](CC(=O)c2ccccc2)ccn1. The molecule has 98 valence electrons. The number of aromatic nitrogens is 2. The normalized spacial score (nSPS) is 12.1. The van der Waals surface area contributed by atoms with Crippen molar-refractivity contribution >= 4 is 5.78 Å². The van der Waals surface area contributed by atoms with E-state index in [4.69, 9.17) is 0 Å². The highest BCUT2D eigenvalue weighted by Gasteiger charge is 2.14. The topological polar surface area (TPSA) is 33.8 Å². The molecule has 0 saturated carbocycles. The third-order valence-electron chi connectivity index (χ3n) is 3.32. The second-order valence-electron chi connectivity index (χ2n) is 4.75. The van der Waals surface area contributed by atoms with Gasteiger partial charge in [-0.15, -0.1) is 0 Å². The molecule has 3 heteroatoms. The largest absolute Gasteiger partial charge is 0.287 e. The fourth-order valence-electron chi connectivity index (χ4n) is 1.89. The van der Waals surface area contributed by atoms with Crippen LogP contribution >= 0.6 is 0 Å². The lowest BCUT2D eigenvalue weighted by molar-refractivity contribution is -0.684. The van der Waals surface area contributed by atoms with E-state index in [1.165, 1.54) is 0 Å². The van der Waals surface area contributed by atoms with Gasteiger partial charge in [-0.2, -0.15) is 4.57 Å². The van der Waals surface area contributed by atoms with Crippen LogP contribution in [0, 0.1) is 0 Å². The number of hydrogen-bond acceptors (Lipinski definition) is 2. The summed E-state index contributed by atoms with van der Waals surface area (Å²) < 4.78 is 1.91. The lowest BCUT2D eigenvalue weighted by Crippen LogP contribution is -2.38. The maximum Gasteiger partial charge on any atom is 0.227 e. The van der Waals surface area contributed by atoms with E-state index in [-0.39, 0.29) is 5.78 Å². The van der Waals surface area contributed by atoms with Crippen LogP contribution in [0.2, 0.25) is 0 Å². The minimum absolute atomic E-state index is 0.118. The van der Waals surface area contributed by atoms with Crippen LogP contribution in [0.5, 0.6) is 0 Å². The molecule has 1 atom stereocenters. The van der Waals surface area contributed by atoms with Crippen molar-refractivity contribution in [2.75, 3.05) is 0 Å². The molecular weight excluding hydrogens is 236 g/mol. The first kappa shape index (κ1) is 13.4. The number of nitrogens with zero attached hydrogens (tertiary/aromatic N) is 2. The Morgan fingerprint density at radius 3 is 2.74 bits per heavy atom. The van der Waals surface area contributed by atoms with Gasteiger partial charge < -0.3 is 0 Å². The van der Waals surface area contributed by atoms with Gasteiger partial charge in [0.15, 0.2) is 12.4 Å². The molecule has 0 radical (unpaired) electrons. The Morgan fingerprint density at radius 2 is 2.05 bits per heavy atom. The Balaban J connectivity index is 2.13. The van der Waals surface area contributed by atoms with Crippen molar-refractivity contribution in [2.45, 2.75) is 32.7 Å². The Morgan fingerprint density at radius 1 is 1.32 bits per heavy atom. The van der Waals surface area contributed by atoms with E-state index in [1.54, 1.807) is 6.20 Å². The molecular formula is C16H19N2O+. The van der Waals surface area contributed by atoms with Crippen molar-refractivity contribution in [3.05, 3.63) is 60.2 Å². The lowest BCUT2D eigenvalue weighted by atomic mass is 10.1. The van der Waals surface area contributed by atoms with Gasteiger partial charge in [-0.1, -0.05) is 44.2 Å². The summed E-state index contributed by atoms with van der Waals surface area (Å²) in [5.74, 6) is 0.533. The van der Waals surface area contributed by atoms with Crippen molar-refractivity contribution in [3.8, 4) is 0 Å². The predicted molar refractivity (Wildman–Crippen MR) is 73.9 cm³/mol.